The van der Waals surface area contributed by atoms with E-state index in [4.69, 9.17) is 69.0 Å². The third kappa shape index (κ3) is 20.7. The minimum atomic E-state index is -2.19. The lowest BCUT2D eigenvalue weighted by Gasteiger charge is -2.48. The van der Waals surface area contributed by atoms with Crippen molar-refractivity contribution in [2.24, 2.45) is 23.5 Å². The molecule has 0 spiro atoms. The number of aliphatic hydroxyl groups is 6. The van der Waals surface area contributed by atoms with Gasteiger partial charge in [0, 0.05) is 72.4 Å². The molecular formula is C87H99Cl3N8O23. The average Bonchev–Trinajstić information content (AvgIpc) is 0.764. The van der Waals surface area contributed by atoms with Crippen molar-refractivity contribution in [3.63, 3.8) is 0 Å². The zero-order chi connectivity index (χ0) is 87.3. The van der Waals surface area contributed by atoms with Crippen LogP contribution in [0.1, 0.15) is 143 Å². The van der Waals surface area contributed by atoms with Crippen LogP contribution in [0.3, 0.4) is 0 Å². The number of aliphatic hydroxyl groups excluding tert-OH is 6. The summed E-state index contributed by atoms with van der Waals surface area (Å²) >= 11 is 20.7. The number of fused-ring (bicyclic) bond motifs is 15. The van der Waals surface area contributed by atoms with Gasteiger partial charge in [0.05, 0.1) is 40.7 Å². The van der Waals surface area contributed by atoms with Crippen molar-refractivity contribution in [2.75, 3.05) is 33.8 Å². The summed E-state index contributed by atoms with van der Waals surface area (Å²) in [5, 5.41) is 124. The summed E-state index contributed by atoms with van der Waals surface area (Å²) in [6.45, 7) is 8.62. The Morgan fingerprint density at radius 2 is 1.34 bits per heavy atom. The number of amides is 6. The highest BCUT2D eigenvalue weighted by molar-refractivity contribution is 6.32. The third-order valence-corrected chi connectivity index (χ3v) is 23.3. The van der Waals surface area contributed by atoms with Crippen molar-refractivity contribution in [3.05, 3.63) is 176 Å². The van der Waals surface area contributed by atoms with Gasteiger partial charge in [0.25, 0.3) is 0 Å². The largest absolute Gasteiger partial charge is 0.508 e. The summed E-state index contributed by atoms with van der Waals surface area (Å²) in [6.07, 6.45) is -19.3. The molecule has 121 heavy (non-hydrogen) atoms. The second-order valence-corrected chi connectivity index (χ2v) is 33.4. The zero-order valence-electron chi connectivity index (χ0n) is 67.2. The highest BCUT2D eigenvalue weighted by atomic mass is 35.5. The molecule has 2 saturated heterocycles. The van der Waals surface area contributed by atoms with Gasteiger partial charge in [-0.05, 0) is 171 Å². The Morgan fingerprint density at radius 1 is 0.702 bits per heavy atom. The fourth-order valence-corrected chi connectivity index (χ4v) is 16.4. The highest BCUT2D eigenvalue weighted by Gasteiger charge is 2.52. The molecule has 7 aliphatic rings. The number of Topliss-reactive ketones (excluding diaryl/α,β-unsaturated/α-hetero) is 2. The molecule has 7 heterocycles. The number of nitrogens with zero attached hydrogens (tertiary/aromatic N) is 1. The van der Waals surface area contributed by atoms with E-state index in [1.807, 2.05) is 55.1 Å². The van der Waals surface area contributed by atoms with Crippen LogP contribution >= 0.6 is 34.8 Å². The number of aromatic hydroxyl groups is 3. The summed E-state index contributed by atoms with van der Waals surface area (Å²) in [4.78, 5) is 123. The molecule has 646 valence electrons. The van der Waals surface area contributed by atoms with E-state index in [2.05, 4.69) is 31.9 Å². The molecule has 17 N–H and O–H groups in total. The SMILES string of the molecule is CC[C@H](CC(C)C)C(=O)N[C@H]1C(=O)C[C@@H](CC(N)=O)C(=O)N[C@H]2C(=O)C[C@@H]3C(=O)N[C@H](C(=O)NC(C(=O)NCCCN(C)C)c4cc(O)cc(O)c4-c4cc3ccc4O)[C@H](O)c3ccc(c(Cl)c3)Oc3cc2cc(c3OC2O[C@H](CO)C(O)C(O)[C@H]2O[C@H]2CC(C)(NCc3ccc(-c4ccc(Cl)cc4)cc3)[C@H](O)C(C)O2)Oc2ccc(cc2Cl)[C@H]1O. The van der Waals surface area contributed by atoms with Crippen LogP contribution in [0.5, 0.6) is 46.0 Å². The standard InChI is InChI=1S/C87H99Cl3N8O23/c1-8-43(26-40(2)3)81(111)96-72-60(103)30-50(33-67(91)105)82(112)94-70-49-31-64(117-62-22-17-47(74(72)106)28-56(62)89)78(121-86-79(77(109)76(108)66(39-99)119-86)120-68-37-87(5,80(110)41(4)116-68)93-38-42-10-12-44(13-11-42)45-14-19-51(88)20-15-45)65(32-49)118-63-23-18-48(29-57(63)90)75(107)73-85(115)95-71(84(114)92-24-9-25-98(6)7)55-34-52(100)35-59(102)69(55)54-27-46(16-21-58(54)101)53(36-61(70)104)83(113)97-73/h10-23,27-29,31-32,34-35,40-41,43,50,53,66,68,70-77,79-80,86,93,99-102,106-110H,8-9,24-26,30,33,36-39H2,1-7H3,(H2,91,105)(H,92,114)(H,94,112)(H,95,115)(H,96,111)(H,97,113)/t41?,43-,50+,53+,66-,68+,70-,71?,72+,73+,74-,75-,76?,77?,79-,80-,86?,87?/m1/s1. The molecule has 34 heteroatoms. The first-order valence-corrected chi connectivity index (χ1v) is 40.9. The summed E-state index contributed by atoms with van der Waals surface area (Å²) in [5.41, 5.74) is 5.51. The Hall–Kier alpha value is -10.1. The first-order valence-electron chi connectivity index (χ1n) is 39.7. The van der Waals surface area contributed by atoms with Crippen molar-refractivity contribution in [1.82, 2.24) is 36.8 Å². The fraction of sp³-hybridized carbons (Fsp3) is 0.425. The third-order valence-electron chi connectivity index (χ3n) is 22.5. The molecule has 6 unspecified atom stereocenters. The van der Waals surface area contributed by atoms with Crippen LogP contribution in [0.4, 0.5) is 0 Å². The molecule has 14 rings (SSSR count). The summed E-state index contributed by atoms with van der Waals surface area (Å²) < 4.78 is 39.9. The number of nitrogens with two attached hydrogens (primary N) is 1. The van der Waals surface area contributed by atoms with Gasteiger partial charge < -0.3 is 117 Å². The zero-order valence-corrected chi connectivity index (χ0v) is 69.5. The Bertz CT molecular complexity index is 5030. The molecule has 11 bridgehead atoms. The van der Waals surface area contributed by atoms with E-state index in [1.54, 1.807) is 47.0 Å². The van der Waals surface area contributed by atoms with Crippen molar-refractivity contribution in [3.8, 4) is 68.2 Å². The highest BCUT2D eigenvalue weighted by Crippen LogP contribution is 2.51. The van der Waals surface area contributed by atoms with Gasteiger partial charge in [-0.25, -0.2) is 0 Å². The molecule has 2 fully saturated rings. The molecule has 0 aliphatic carbocycles. The Balaban J connectivity index is 1.04. The monoisotopic (exact) mass is 1730 g/mol. The maximum absolute atomic E-state index is 16.5. The van der Waals surface area contributed by atoms with Gasteiger partial charge in [-0.15, -0.1) is 0 Å². The number of benzene rings is 7. The number of phenolic OH excluding ortho intramolecular Hbond substituents is 3. The first-order chi connectivity index (χ1) is 57.5. The molecule has 18 atom stereocenters. The van der Waals surface area contributed by atoms with Gasteiger partial charge in [-0.3, -0.25) is 38.4 Å². The number of carbonyl (C=O) groups excluding carboxylic acids is 8. The maximum Gasteiger partial charge on any atom is 0.247 e. The van der Waals surface area contributed by atoms with Crippen LogP contribution in [-0.2, 0) is 59.1 Å². The molecule has 0 saturated carbocycles. The van der Waals surface area contributed by atoms with E-state index in [9.17, 15) is 60.3 Å². The van der Waals surface area contributed by atoms with Crippen molar-refractivity contribution in [2.45, 2.75) is 183 Å². The molecule has 7 aliphatic heterocycles. The number of hydrogen-bond donors (Lipinski definition) is 16. The van der Waals surface area contributed by atoms with E-state index in [-0.39, 0.29) is 85.9 Å². The number of rotatable bonds is 21. The van der Waals surface area contributed by atoms with Crippen LogP contribution in [0.25, 0.3) is 22.3 Å². The molecule has 7 aromatic carbocycles. The van der Waals surface area contributed by atoms with Gasteiger partial charge >= 0.3 is 0 Å². The number of hydrogen-bond acceptors (Lipinski definition) is 25. The van der Waals surface area contributed by atoms with Gasteiger partial charge in [-0.2, -0.15) is 0 Å². The summed E-state index contributed by atoms with van der Waals surface area (Å²) in [7, 11) is 3.61. The molecule has 0 radical (unpaired) electrons. The van der Waals surface area contributed by atoms with Crippen LogP contribution in [-0.4, -0.2) is 198 Å². The second-order valence-electron chi connectivity index (χ2n) is 32.1. The molecule has 7 aromatic rings. The Labute approximate surface area is 712 Å². The quantitative estimate of drug-likeness (QED) is 0.0307. The number of ether oxygens (including phenoxy) is 6. The lowest BCUT2D eigenvalue weighted by Crippen LogP contribution is -2.65. The van der Waals surface area contributed by atoms with Gasteiger partial charge in [-0.1, -0.05) is 110 Å². The van der Waals surface area contributed by atoms with Crippen molar-refractivity contribution >= 4 is 81.8 Å². The topological polar surface area (TPSA) is 475 Å². The number of nitrogens with one attached hydrogen (secondary N) is 6. The Morgan fingerprint density at radius 3 is 1.95 bits per heavy atom. The number of carbonyl (C=O) groups is 8. The number of primary amides is 1. The minimum Gasteiger partial charge on any atom is -0.508 e. The molecule has 0 aromatic heterocycles. The maximum atomic E-state index is 16.5. The fourth-order valence-electron chi connectivity index (χ4n) is 15.9. The Kier molecular flexibility index (Phi) is 28.7. The molecular weight excluding hydrogens is 1630 g/mol. The minimum absolute atomic E-state index is 0.0168. The summed E-state index contributed by atoms with van der Waals surface area (Å²) in [5.74, 6) is -17.4. The molecule has 31 nitrogen and oxygen atoms in total. The van der Waals surface area contributed by atoms with Gasteiger partial charge in [0.1, 0.15) is 83.4 Å². The number of phenols is 3. The predicted octanol–water partition coefficient (Wildman–Crippen LogP) is 7.66. The van der Waals surface area contributed by atoms with E-state index in [0.717, 1.165) is 53.1 Å². The normalized spacial score (nSPS) is 26.6. The van der Waals surface area contributed by atoms with Gasteiger partial charge in [0.2, 0.25) is 47.5 Å². The van der Waals surface area contributed by atoms with E-state index in [0.29, 0.717) is 30.8 Å². The first kappa shape index (κ1) is 90.2. The lowest BCUT2D eigenvalue weighted by molar-refractivity contribution is -0.334. The predicted molar refractivity (Wildman–Crippen MR) is 441 cm³/mol. The number of ketones is 2. The van der Waals surface area contributed by atoms with E-state index in [1.165, 1.54) is 42.5 Å². The van der Waals surface area contributed by atoms with Crippen LogP contribution in [0, 0.1) is 17.8 Å². The average molecular weight is 1730 g/mol. The number of halogens is 3. The van der Waals surface area contributed by atoms with Crippen molar-refractivity contribution < 1.29 is 113 Å². The van der Waals surface area contributed by atoms with Crippen molar-refractivity contribution in [1.29, 1.82) is 0 Å². The lowest BCUT2D eigenvalue weighted by atomic mass is 9.84. The van der Waals surface area contributed by atoms with Gasteiger partial charge in [0.15, 0.2) is 35.5 Å². The molecule has 6 amide bonds. The van der Waals surface area contributed by atoms with Crippen LogP contribution in [0.2, 0.25) is 15.1 Å². The smallest absolute Gasteiger partial charge is 0.247 e. The van der Waals surface area contributed by atoms with E-state index >= 15 is 24.0 Å². The summed E-state index contributed by atoms with van der Waals surface area (Å²) in [6, 6.07) is 21.9. The van der Waals surface area contributed by atoms with E-state index < -0.39 is 216 Å². The second kappa shape index (κ2) is 38.6. The van der Waals surface area contributed by atoms with Crippen LogP contribution < -0.4 is 51.8 Å². The van der Waals surface area contributed by atoms with Crippen LogP contribution in [0.15, 0.2) is 127 Å².